The van der Waals surface area contributed by atoms with Gasteiger partial charge in [-0.3, -0.25) is 0 Å². The third-order valence-electron chi connectivity index (χ3n) is 1.63. The summed E-state index contributed by atoms with van der Waals surface area (Å²) in [5, 5.41) is 0. The molecule has 3 heteroatoms. The number of hydrogen-bond acceptors (Lipinski definition) is 1. The van der Waals surface area contributed by atoms with E-state index in [9.17, 15) is 4.39 Å². The molecule has 0 amide bonds. The lowest BCUT2D eigenvalue weighted by Gasteiger charge is -2.04. The molecule has 1 rings (SSSR count). The zero-order chi connectivity index (χ0) is 8.97. The molecule has 1 atom stereocenters. The maximum atomic E-state index is 12.8. The van der Waals surface area contributed by atoms with E-state index in [-0.39, 0.29) is 6.54 Å². The van der Waals surface area contributed by atoms with Crippen LogP contribution in [0.15, 0.2) is 28.7 Å². The Kier molecular flexibility index (Phi) is 3.69. The van der Waals surface area contributed by atoms with Gasteiger partial charge in [0.2, 0.25) is 0 Å². The van der Waals surface area contributed by atoms with Gasteiger partial charge in [-0.15, -0.1) is 0 Å². The van der Waals surface area contributed by atoms with E-state index in [4.69, 9.17) is 5.73 Å². The van der Waals surface area contributed by atoms with Crippen LogP contribution in [-0.4, -0.2) is 12.7 Å². The van der Waals surface area contributed by atoms with Gasteiger partial charge in [0.1, 0.15) is 6.17 Å². The van der Waals surface area contributed by atoms with Crippen LogP contribution in [-0.2, 0) is 6.42 Å². The molecule has 0 unspecified atom stereocenters. The molecule has 1 aromatic rings. The van der Waals surface area contributed by atoms with Crippen LogP contribution in [0, 0.1) is 0 Å². The number of halogens is 2. The molecule has 0 aliphatic heterocycles. The first-order chi connectivity index (χ1) is 5.72. The Morgan fingerprint density at radius 1 is 1.33 bits per heavy atom. The van der Waals surface area contributed by atoms with Crippen LogP contribution in [0.1, 0.15) is 5.56 Å². The van der Waals surface area contributed by atoms with Crippen LogP contribution in [0.4, 0.5) is 4.39 Å². The summed E-state index contributed by atoms with van der Waals surface area (Å²) in [6.07, 6.45) is -0.518. The summed E-state index contributed by atoms with van der Waals surface area (Å²) in [4.78, 5) is 0. The molecule has 66 valence electrons. The summed E-state index contributed by atoms with van der Waals surface area (Å²) < 4.78 is 13.8. The van der Waals surface area contributed by atoms with Gasteiger partial charge in [-0.1, -0.05) is 28.1 Å². The lowest BCUT2D eigenvalue weighted by Crippen LogP contribution is -2.17. The maximum absolute atomic E-state index is 12.8. The average molecular weight is 232 g/mol. The van der Waals surface area contributed by atoms with Crippen LogP contribution in [0.2, 0.25) is 0 Å². The summed E-state index contributed by atoms with van der Waals surface area (Å²) in [5.74, 6) is 0. The van der Waals surface area contributed by atoms with E-state index < -0.39 is 6.17 Å². The Morgan fingerprint density at radius 3 is 2.42 bits per heavy atom. The van der Waals surface area contributed by atoms with Crippen molar-refractivity contribution in [3.63, 3.8) is 0 Å². The van der Waals surface area contributed by atoms with Crippen LogP contribution in [0.25, 0.3) is 0 Å². The lowest BCUT2D eigenvalue weighted by atomic mass is 10.1. The number of hydrogen-bond donors (Lipinski definition) is 1. The SMILES string of the molecule is NC[C@@H](F)Cc1ccc(Br)cc1. The van der Waals surface area contributed by atoms with E-state index in [1.807, 2.05) is 24.3 Å². The van der Waals surface area contributed by atoms with Gasteiger partial charge >= 0.3 is 0 Å². The van der Waals surface area contributed by atoms with Gasteiger partial charge < -0.3 is 5.73 Å². The number of nitrogens with two attached hydrogens (primary N) is 1. The minimum Gasteiger partial charge on any atom is -0.328 e. The molecule has 0 heterocycles. The molecule has 0 aliphatic rings. The fraction of sp³-hybridized carbons (Fsp3) is 0.333. The monoisotopic (exact) mass is 231 g/mol. The summed E-state index contributed by atoms with van der Waals surface area (Å²) in [6.45, 7) is 0.0933. The fourth-order valence-electron chi connectivity index (χ4n) is 0.960. The molecule has 0 spiro atoms. The van der Waals surface area contributed by atoms with Gasteiger partial charge in [-0.2, -0.15) is 0 Å². The topological polar surface area (TPSA) is 26.0 Å². The second kappa shape index (κ2) is 4.58. The molecule has 0 fully saturated rings. The summed E-state index contributed by atoms with van der Waals surface area (Å²) in [6, 6.07) is 7.59. The van der Waals surface area contributed by atoms with E-state index >= 15 is 0 Å². The zero-order valence-electron chi connectivity index (χ0n) is 6.63. The van der Waals surface area contributed by atoms with Crippen molar-refractivity contribution in [2.45, 2.75) is 12.6 Å². The molecule has 0 radical (unpaired) electrons. The van der Waals surface area contributed by atoms with Gasteiger partial charge in [0.15, 0.2) is 0 Å². The van der Waals surface area contributed by atoms with Crippen molar-refractivity contribution in [2.24, 2.45) is 5.73 Å². The van der Waals surface area contributed by atoms with Crippen molar-refractivity contribution in [3.8, 4) is 0 Å². The van der Waals surface area contributed by atoms with E-state index in [0.29, 0.717) is 6.42 Å². The number of rotatable bonds is 3. The zero-order valence-corrected chi connectivity index (χ0v) is 8.22. The van der Waals surface area contributed by atoms with Crippen molar-refractivity contribution in [1.82, 2.24) is 0 Å². The third-order valence-corrected chi connectivity index (χ3v) is 2.15. The van der Waals surface area contributed by atoms with E-state index in [2.05, 4.69) is 15.9 Å². The largest absolute Gasteiger partial charge is 0.328 e. The van der Waals surface area contributed by atoms with Gasteiger partial charge in [-0.05, 0) is 17.7 Å². The molecule has 2 N–H and O–H groups in total. The van der Waals surface area contributed by atoms with Crippen molar-refractivity contribution in [2.75, 3.05) is 6.54 Å². The van der Waals surface area contributed by atoms with Crippen LogP contribution in [0.3, 0.4) is 0 Å². The predicted molar refractivity (Wildman–Crippen MR) is 51.8 cm³/mol. The van der Waals surface area contributed by atoms with Crippen LogP contribution in [0.5, 0.6) is 0 Å². The molecule has 0 aromatic heterocycles. The van der Waals surface area contributed by atoms with Crippen LogP contribution < -0.4 is 5.73 Å². The molecule has 1 nitrogen and oxygen atoms in total. The molecule has 0 saturated heterocycles. The first-order valence-corrected chi connectivity index (χ1v) is 4.60. The second-order valence-corrected chi connectivity index (χ2v) is 3.58. The van der Waals surface area contributed by atoms with Gasteiger partial charge in [0.05, 0.1) is 0 Å². The highest BCUT2D eigenvalue weighted by Crippen LogP contribution is 2.12. The molecule has 0 aliphatic carbocycles. The van der Waals surface area contributed by atoms with E-state index in [1.165, 1.54) is 0 Å². The minimum absolute atomic E-state index is 0.0933. The standard InChI is InChI=1S/C9H11BrFN/c10-8-3-1-7(2-4-8)5-9(11)6-12/h1-4,9H,5-6,12H2/t9-/m0/s1. The third kappa shape index (κ3) is 2.91. The summed E-state index contributed by atoms with van der Waals surface area (Å²) >= 11 is 3.31. The summed E-state index contributed by atoms with van der Waals surface area (Å²) in [7, 11) is 0. The Balaban J connectivity index is 2.58. The highest BCUT2D eigenvalue weighted by Gasteiger charge is 2.03. The maximum Gasteiger partial charge on any atom is 0.116 e. The van der Waals surface area contributed by atoms with Gasteiger partial charge in [-0.25, -0.2) is 4.39 Å². The molecule has 0 bridgehead atoms. The Hall–Kier alpha value is -0.410. The normalized spacial score (nSPS) is 12.9. The van der Waals surface area contributed by atoms with Crippen molar-refractivity contribution in [3.05, 3.63) is 34.3 Å². The van der Waals surface area contributed by atoms with E-state index in [1.54, 1.807) is 0 Å². The average Bonchev–Trinajstić information content (AvgIpc) is 2.09. The molecule has 12 heavy (non-hydrogen) atoms. The van der Waals surface area contributed by atoms with Crippen molar-refractivity contribution < 1.29 is 4.39 Å². The quantitative estimate of drug-likeness (QED) is 0.850. The molecule has 0 saturated carbocycles. The van der Waals surface area contributed by atoms with Crippen molar-refractivity contribution >= 4 is 15.9 Å². The Morgan fingerprint density at radius 2 is 1.92 bits per heavy atom. The number of benzene rings is 1. The fourth-order valence-corrected chi connectivity index (χ4v) is 1.22. The molecular formula is C9H11BrFN. The Bertz CT molecular complexity index is 235. The highest BCUT2D eigenvalue weighted by molar-refractivity contribution is 9.10. The first kappa shape index (κ1) is 9.68. The second-order valence-electron chi connectivity index (χ2n) is 2.66. The lowest BCUT2D eigenvalue weighted by molar-refractivity contribution is 0.340. The van der Waals surface area contributed by atoms with Crippen LogP contribution >= 0.6 is 15.9 Å². The predicted octanol–water partition coefficient (Wildman–Crippen LogP) is 2.29. The van der Waals surface area contributed by atoms with Crippen molar-refractivity contribution in [1.29, 1.82) is 0 Å². The number of alkyl halides is 1. The van der Waals surface area contributed by atoms with Gasteiger partial charge in [0.25, 0.3) is 0 Å². The van der Waals surface area contributed by atoms with E-state index in [0.717, 1.165) is 10.0 Å². The van der Waals surface area contributed by atoms with Gasteiger partial charge in [0, 0.05) is 17.4 Å². The first-order valence-electron chi connectivity index (χ1n) is 3.81. The highest BCUT2D eigenvalue weighted by atomic mass is 79.9. The molecular weight excluding hydrogens is 221 g/mol. The Labute approximate surface area is 79.9 Å². The smallest absolute Gasteiger partial charge is 0.116 e. The molecule has 1 aromatic carbocycles. The summed E-state index contributed by atoms with van der Waals surface area (Å²) in [5.41, 5.74) is 6.15. The minimum atomic E-state index is -0.925.